The molecule has 1 fully saturated rings. The van der Waals surface area contributed by atoms with Gasteiger partial charge in [0.05, 0.1) is 16.7 Å². The maximum Gasteiger partial charge on any atom is 0.270 e. The predicted molar refractivity (Wildman–Crippen MR) is 73.7 cm³/mol. The fourth-order valence-electron chi connectivity index (χ4n) is 2.27. The van der Waals surface area contributed by atoms with Crippen LogP contribution >= 0.6 is 15.9 Å². The average Bonchev–Trinajstić information content (AvgIpc) is 2.74. The van der Waals surface area contributed by atoms with E-state index in [2.05, 4.69) is 31.0 Å². The highest BCUT2D eigenvalue weighted by Gasteiger charge is 2.29. The minimum absolute atomic E-state index is 0.0206. The summed E-state index contributed by atoms with van der Waals surface area (Å²) in [6.07, 6.45) is 5.44. The van der Waals surface area contributed by atoms with E-state index in [1.54, 1.807) is 25.5 Å². The molecule has 0 atom stereocenters. The van der Waals surface area contributed by atoms with Crippen LogP contribution in [-0.4, -0.2) is 37.6 Å². The molecule has 2 aromatic rings. The number of hydrogen-bond acceptors (Lipinski definition) is 4. The van der Waals surface area contributed by atoms with Crippen LogP contribution in [0.25, 0.3) is 0 Å². The molecule has 0 saturated carbocycles. The lowest BCUT2D eigenvalue weighted by atomic mass is 10.1. The van der Waals surface area contributed by atoms with E-state index in [-0.39, 0.29) is 5.56 Å². The van der Waals surface area contributed by atoms with E-state index >= 15 is 0 Å². The molecule has 0 amide bonds. The second kappa shape index (κ2) is 4.90. The first-order valence-corrected chi connectivity index (χ1v) is 6.86. The van der Waals surface area contributed by atoms with Crippen molar-refractivity contribution in [3.05, 3.63) is 45.0 Å². The number of hydrogen-bond donors (Lipinski definition) is 0. The first-order valence-electron chi connectivity index (χ1n) is 6.06. The van der Waals surface area contributed by atoms with E-state index in [0.29, 0.717) is 12.6 Å². The molecule has 1 aliphatic rings. The first-order chi connectivity index (χ1) is 9.13. The third kappa shape index (κ3) is 2.48. The molecule has 0 bridgehead atoms. The van der Waals surface area contributed by atoms with Crippen molar-refractivity contribution in [1.82, 2.24) is 24.5 Å². The van der Waals surface area contributed by atoms with Gasteiger partial charge in [-0.1, -0.05) is 0 Å². The molecule has 1 aliphatic heterocycles. The highest BCUT2D eigenvalue weighted by Crippen LogP contribution is 2.23. The number of likely N-dealkylation sites (tertiary alicyclic amines) is 1. The lowest BCUT2D eigenvalue weighted by molar-refractivity contribution is 0.0902. The Hall–Kier alpha value is -1.47. The van der Waals surface area contributed by atoms with Crippen molar-refractivity contribution < 1.29 is 0 Å². The number of halogens is 1. The Morgan fingerprint density at radius 1 is 1.42 bits per heavy atom. The molecule has 6 nitrogen and oxygen atoms in total. The molecule has 0 unspecified atom stereocenters. The standard InChI is InChI=1S/C12H14BrN5O/c1-16-12(19)9(2-3-14-16)5-17-7-11(8-17)18-6-10(13)4-15-18/h2-4,6,11H,5,7-8H2,1H3. The van der Waals surface area contributed by atoms with Crippen LogP contribution in [0.15, 0.2) is 33.9 Å². The summed E-state index contributed by atoms with van der Waals surface area (Å²) in [5.74, 6) is 0. The Labute approximate surface area is 118 Å². The molecular formula is C12H14BrN5O. The van der Waals surface area contributed by atoms with Crippen LogP contribution in [0.2, 0.25) is 0 Å². The van der Waals surface area contributed by atoms with Gasteiger partial charge in [0.1, 0.15) is 0 Å². The van der Waals surface area contributed by atoms with E-state index in [0.717, 1.165) is 23.1 Å². The summed E-state index contributed by atoms with van der Waals surface area (Å²) in [5, 5.41) is 8.20. The molecule has 0 spiro atoms. The molecular weight excluding hydrogens is 310 g/mol. The SMILES string of the molecule is Cn1nccc(CN2CC(n3cc(Br)cn3)C2)c1=O. The zero-order valence-electron chi connectivity index (χ0n) is 10.5. The van der Waals surface area contributed by atoms with Crippen molar-refractivity contribution in [2.45, 2.75) is 12.6 Å². The number of aryl methyl sites for hydroxylation is 1. The number of nitrogens with zero attached hydrogens (tertiary/aromatic N) is 5. The van der Waals surface area contributed by atoms with Crippen LogP contribution in [0.3, 0.4) is 0 Å². The van der Waals surface area contributed by atoms with Crippen LogP contribution in [0.1, 0.15) is 11.6 Å². The number of rotatable bonds is 3. The maximum absolute atomic E-state index is 11.8. The second-order valence-corrected chi connectivity index (χ2v) is 5.69. The van der Waals surface area contributed by atoms with Gasteiger partial charge in [-0.15, -0.1) is 0 Å². The monoisotopic (exact) mass is 323 g/mol. The van der Waals surface area contributed by atoms with Crippen molar-refractivity contribution in [3.8, 4) is 0 Å². The second-order valence-electron chi connectivity index (χ2n) is 4.77. The Balaban J connectivity index is 1.63. The van der Waals surface area contributed by atoms with E-state index in [1.807, 2.05) is 10.9 Å². The van der Waals surface area contributed by atoms with Crippen LogP contribution < -0.4 is 5.56 Å². The Bertz CT molecular complexity index is 644. The van der Waals surface area contributed by atoms with Gasteiger partial charge in [0.2, 0.25) is 0 Å². The van der Waals surface area contributed by atoms with Crippen molar-refractivity contribution in [3.63, 3.8) is 0 Å². The Kier molecular flexibility index (Phi) is 3.24. The Morgan fingerprint density at radius 2 is 2.21 bits per heavy atom. The highest BCUT2D eigenvalue weighted by molar-refractivity contribution is 9.10. The van der Waals surface area contributed by atoms with Crippen molar-refractivity contribution >= 4 is 15.9 Å². The smallest absolute Gasteiger partial charge is 0.270 e. The van der Waals surface area contributed by atoms with Gasteiger partial charge in [-0.2, -0.15) is 10.2 Å². The van der Waals surface area contributed by atoms with Gasteiger partial charge in [-0.05, 0) is 22.0 Å². The maximum atomic E-state index is 11.8. The lowest BCUT2D eigenvalue weighted by Crippen LogP contribution is -2.48. The van der Waals surface area contributed by atoms with Gasteiger partial charge in [-0.3, -0.25) is 14.4 Å². The normalized spacial score (nSPS) is 16.5. The summed E-state index contributed by atoms with van der Waals surface area (Å²) in [6, 6.07) is 2.19. The van der Waals surface area contributed by atoms with Crippen molar-refractivity contribution in [2.24, 2.45) is 7.05 Å². The van der Waals surface area contributed by atoms with Crippen molar-refractivity contribution in [1.29, 1.82) is 0 Å². The topological polar surface area (TPSA) is 56.0 Å². The molecule has 0 N–H and O–H groups in total. The van der Waals surface area contributed by atoms with Crippen LogP contribution in [0.4, 0.5) is 0 Å². The lowest BCUT2D eigenvalue weighted by Gasteiger charge is -2.39. The van der Waals surface area contributed by atoms with E-state index < -0.39 is 0 Å². The minimum atomic E-state index is -0.0206. The molecule has 0 aromatic carbocycles. The summed E-state index contributed by atoms with van der Waals surface area (Å²) >= 11 is 3.39. The molecule has 2 aromatic heterocycles. The van der Waals surface area contributed by atoms with Crippen LogP contribution in [0, 0.1) is 0 Å². The summed E-state index contributed by atoms with van der Waals surface area (Å²) in [4.78, 5) is 14.1. The van der Waals surface area contributed by atoms with Gasteiger partial charge in [-0.25, -0.2) is 4.68 Å². The summed E-state index contributed by atoms with van der Waals surface area (Å²) in [5.41, 5.74) is 0.769. The quantitative estimate of drug-likeness (QED) is 0.838. The zero-order chi connectivity index (χ0) is 13.4. The minimum Gasteiger partial charge on any atom is -0.295 e. The molecule has 1 saturated heterocycles. The summed E-state index contributed by atoms with van der Waals surface area (Å²) in [6.45, 7) is 2.51. The third-order valence-electron chi connectivity index (χ3n) is 3.36. The Morgan fingerprint density at radius 3 is 2.89 bits per heavy atom. The molecule has 0 radical (unpaired) electrons. The molecule has 100 valence electrons. The molecule has 19 heavy (non-hydrogen) atoms. The van der Waals surface area contributed by atoms with Gasteiger partial charge in [0, 0.05) is 44.6 Å². The largest absolute Gasteiger partial charge is 0.295 e. The van der Waals surface area contributed by atoms with E-state index in [4.69, 9.17) is 0 Å². The fourth-order valence-corrected chi connectivity index (χ4v) is 2.57. The summed E-state index contributed by atoms with van der Waals surface area (Å²) < 4.78 is 4.33. The van der Waals surface area contributed by atoms with Crippen molar-refractivity contribution in [2.75, 3.05) is 13.1 Å². The number of aromatic nitrogens is 4. The fraction of sp³-hybridized carbons (Fsp3) is 0.417. The van der Waals surface area contributed by atoms with E-state index in [9.17, 15) is 4.79 Å². The van der Waals surface area contributed by atoms with Gasteiger partial charge >= 0.3 is 0 Å². The molecule has 0 aliphatic carbocycles. The summed E-state index contributed by atoms with van der Waals surface area (Å²) in [7, 11) is 1.67. The predicted octanol–water partition coefficient (Wildman–Crippen LogP) is 0.796. The molecule has 3 heterocycles. The van der Waals surface area contributed by atoms with Crippen LogP contribution in [0.5, 0.6) is 0 Å². The van der Waals surface area contributed by atoms with Crippen LogP contribution in [-0.2, 0) is 13.6 Å². The van der Waals surface area contributed by atoms with Gasteiger partial charge in [0.15, 0.2) is 0 Å². The van der Waals surface area contributed by atoms with Gasteiger partial charge in [0.25, 0.3) is 5.56 Å². The molecule has 7 heteroatoms. The highest BCUT2D eigenvalue weighted by atomic mass is 79.9. The third-order valence-corrected chi connectivity index (χ3v) is 3.77. The first kappa shape index (κ1) is 12.6. The van der Waals surface area contributed by atoms with E-state index in [1.165, 1.54) is 4.68 Å². The molecule has 3 rings (SSSR count). The zero-order valence-corrected chi connectivity index (χ0v) is 12.1. The average molecular weight is 324 g/mol. The van der Waals surface area contributed by atoms with Gasteiger partial charge < -0.3 is 0 Å².